The number of rotatable bonds is 3. The van der Waals surface area contributed by atoms with Crippen molar-refractivity contribution in [3.63, 3.8) is 0 Å². The van der Waals surface area contributed by atoms with Crippen LogP contribution in [0.4, 0.5) is 0 Å². The molecule has 1 saturated heterocycles. The predicted octanol–water partition coefficient (Wildman–Crippen LogP) is 3.31. The number of fused-ring (bicyclic) bond motifs is 1. The van der Waals surface area contributed by atoms with Crippen LogP contribution in [0.15, 0.2) is 54.6 Å². The van der Waals surface area contributed by atoms with E-state index in [0.717, 1.165) is 32.4 Å². The number of carbonyl (C=O) groups excluding carboxylic acids is 1. The van der Waals surface area contributed by atoms with Crippen LogP contribution in [-0.4, -0.2) is 30.4 Å². The van der Waals surface area contributed by atoms with Crippen LogP contribution in [0.2, 0.25) is 0 Å². The summed E-state index contributed by atoms with van der Waals surface area (Å²) in [5.41, 5.74) is 9.93. The minimum Gasteiger partial charge on any atom is -0.341 e. The summed E-state index contributed by atoms with van der Waals surface area (Å²) in [5.74, 6) is 1.03. The van der Waals surface area contributed by atoms with Gasteiger partial charge in [-0.3, -0.25) is 4.79 Å². The van der Waals surface area contributed by atoms with Crippen molar-refractivity contribution in [2.75, 3.05) is 19.6 Å². The van der Waals surface area contributed by atoms with Crippen molar-refractivity contribution >= 4 is 5.91 Å². The molecule has 2 N–H and O–H groups in total. The Morgan fingerprint density at radius 3 is 2.60 bits per heavy atom. The molecule has 25 heavy (non-hydrogen) atoms. The van der Waals surface area contributed by atoms with Gasteiger partial charge in [-0.2, -0.15) is 0 Å². The van der Waals surface area contributed by atoms with Gasteiger partial charge in [0.25, 0.3) is 0 Å². The quantitative estimate of drug-likeness (QED) is 0.936. The lowest BCUT2D eigenvalue weighted by Gasteiger charge is -2.28. The van der Waals surface area contributed by atoms with Crippen LogP contribution in [0.3, 0.4) is 0 Å². The zero-order valence-corrected chi connectivity index (χ0v) is 14.6. The van der Waals surface area contributed by atoms with Crippen LogP contribution in [0.25, 0.3) is 0 Å². The van der Waals surface area contributed by atoms with Gasteiger partial charge in [0.2, 0.25) is 5.91 Å². The SMILES string of the molecule is NC[C@@H]1CN(C(=O)C2CCCc3ccccc32)C[C@H]1c1ccccc1. The number of hydrogen-bond donors (Lipinski definition) is 1. The fourth-order valence-corrected chi connectivity index (χ4v) is 4.60. The molecule has 4 rings (SSSR count). The highest BCUT2D eigenvalue weighted by atomic mass is 16.2. The number of benzene rings is 2. The summed E-state index contributed by atoms with van der Waals surface area (Å²) in [6.45, 7) is 2.21. The Kier molecular flexibility index (Phi) is 4.58. The maximum atomic E-state index is 13.3. The second-order valence-corrected chi connectivity index (χ2v) is 7.40. The molecule has 1 heterocycles. The van der Waals surface area contributed by atoms with E-state index < -0.39 is 0 Å². The number of nitrogens with zero attached hydrogens (tertiary/aromatic N) is 1. The molecular formula is C22H26N2O. The van der Waals surface area contributed by atoms with Crippen molar-refractivity contribution in [1.82, 2.24) is 4.90 Å². The minimum atomic E-state index is 0.0258. The number of likely N-dealkylation sites (tertiary alicyclic amines) is 1. The Morgan fingerprint density at radius 2 is 1.80 bits per heavy atom. The molecule has 0 bridgehead atoms. The van der Waals surface area contributed by atoms with E-state index in [2.05, 4.69) is 53.4 Å². The van der Waals surface area contributed by atoms with E-state index in [0.29, 0.717) is 24.3 Å². The summed E-state index contributed by atoms with van der Waals surface area (Å²) < 4.78 is 0. The molecule has 3 atom stereocenters. The highest BCUT2D eigenvalue weighted by Crippen LogP contribution is 2.37. The zero-order valence-electron chi connectivity index (χ0n) is 14.6. The molecule has 1 unspecified atom stereocenters. The Labute approximate surface area is 149 Å². The number of nitrogens with two attached hydrogens (primary N) is 1. The molecular weight excluding hydrogens is 308 g/mol. The average Bonchev–Trinajstić information content (AvgIpc) is 3.12. The summed E-state index contributed by atoms with van der Waals surface area (Å²) in [4.78, 5) is 15.4. The van der Waals surface area contributed by atoms with Crippen LogP contribution in [0, 0.1) is 5.92 Å². The highest BCUT2D eigenvalue weighted by molar-refractivity contribution is 5.85. The lowest BCUT2D eigenvalue weighted by atomic mass is 9.82. The van der Waals surface area contributed by atoms with E-state index in [1.807, 2.05) is 6.07 Å². The van der Waals surface area contributed by atoms with Gasteiger partial charge in [0.1, 0.15) is 0 Å². The van der Waals surface area contributed by atoms with Gasteiger partial charge in [-0.25, -0.2) is 0 Å². The topological polar surface area (TPSA) is 46.3 Å². The fourth-order valence-electron chi connectivity index (χ4n) is 4.60. The number of amides is 1. The van der Waals surface area contributed by atoms with E-state index in [4.69, 9.17) is 5.73 Å². The van der Waals surface area contributed by atoms with E-state index in [1.165, 1.54) is 16.7 Å². The second-order valence-electron chi connectivity index (χ2n) is 7.40. The Balaban J connectivity index is 1.56. The third-order valence-electron chi connectivity index (χ3n) is 5.95. The van der Waals surface area contributed by atoms with Gasteiger partial charge >= 0.3 is 0 Å². The van der Waals surface area contributed by atoms with Gasteiger partial charge in [0.05, 0.1) is 5.92 Å². The van der Waals surface area contributed by atoms with Crippen molar-refractivity contribution in [2.45, 2.75) is 31.1 Å². The molecule has 0 aromatic heterocycles. The molecule has 0 saturated carbocycles. The van der Waals surface area contributed by atoms with Gasteiger partial charge in [0.15, 0.2) is 0 Å². The molecule has 2 aromatic rings. The minimum absolute atomic E-state index is 0.0258. The molecule has 3 heteroatoms. The highest BCUT2D eigenvalue weighted by Gasteiger charge is 2.38. The predicted molar refractivity (Wildman–Crippen MR) is 100 cm³/mol. The van der Waals surface area contributed by atoms with Crippen molar-refractivity contribution < 1.29 is 4.79 Å². The molecule has 2 aliphatic rings. The van der Waals surface area contributed by atoms with Gasteiger partial charge in [-0.15, -0.1) is 0 Å². The number of hydrogen-bond acceptors (Lipinski definition) is 2. The molecule has 3 nitrogen and oxygen atoms in total. The largest absolute Gasteiger partial charge is 0.341 e. The second kappa shape index (κ2) is 7.01. The Morgan fingerprint density at radius 1 is 1.04 bits per heavy atom. The van der Waals surface area contributed by atoms with Crippen LogP contribution in [0.5, 0.6) is 0 Å². The summed E-state index contributed by atoms with van der Waals surface area (Å²) >= 11 is 0. The summed E-state index contributed by atoms with van der Waals surface area (Å²) in [6, 6.07) is 19.0. The van der Waals surface area contributed by atoms with Crippen molar-refractivity contribution in [3.05, 3.63) is 71.3 Å². The Bertz CT molecular complexity index is 743. The molecule has 1 aliphatic heterocycles. The van der Waals surface area contributed by atoms with Gasteiger partial charge in [0, 0.05) is 19.0 Å². The van der Waals surface area contributed by atoms with Crippen LogP contribution >= 0.6 is 0 Å². The van der Waals surface area contributed by atoms with Gasteiger partial charge in [-0.1, -0.05) is 54.6 Å². The maximum Gasteiger partial charge on any atom is 0.230 e. The number of carbonyl (C=O) groups is 1. The van der Waals surface area contributed by atoms with Crippen LogP contribution < -0.4 is 5.73 Å². The first-order valence-electron chi connectivity index (χ1n) is 9.39. The van der Waals surface area contributed by atoms with E-state index in [9.17, 15) is 4.79 Å². The first-order valence-corrected chi connectivity index (χ1v) is 9.39. The van der Waals surface area contributed by atoms with E-state index in [1.54, 1.807) is 0 Å². The van der Waals surface area contributed by atoms with Crippen LogP contribution in [0.1, 0.15) is 41.4 Å². The molecule has 130 valence electrons. The molecule has 1 fully saturated rings. The average molecular weight is 334 g/mol. The maximum absolute atomic E-state index is 13.3. The summed E-state index contributed by atoms with van der Waals surface area (Å²) in [6.07, 6.45) is 3.16. The molecule has 1 amide bonds. The van der Waals surface area contributed by atoms with E-state index >= 15 is 0 Å². The first-order chi connectivity index (χ1) is 12.3. The normalized spacial score (nSPS) is 25.6. The monoisotopic (exact) mass is 334 g/mol. The zero-order chi connectivity index (χ0) is 17.2. The van der Waals surface area contributed by atoms with Gasteiger partial charge in [-0.05, 0) is 48.4 Å². The lowest BCUT2D eigenvalue weighted by Crippen LogP contribution is -2.35. The van der Waals surface area contributed by atoms with Crippen LogP contribution in [-0.2, 0) is 11.2 Å². The van der Waals surface area contributed by atoms with E-state index in [-0.39, 0.29) is 5.92 Å². The standard InChI is InChI=1S/C22H26N2O/c23-13-18-14-24(15-21(18)17-7-2-1-3-8-17)22(25)20-12-6-10-16-9-4-5-11-19(16)20/h1-5,7-9,11,18,20-21H,6,10,12-15,23H2/t18-,20?,21+/m1/s1. The number of aryl methyl sites for hydroxylation is 1. The third-order valence-corrected chi connectivity index (χ3v) is 5.95. The molecule has 1 aliphatic carbocycles. The first kappa shape index (κ1) is 16.3. The fraction of sp³-hybridized carbons (Fsp3) is 0.409. The van der Waals surface area contributed by atoms with Crippen molar-refractivity contribution in [2.24, 2.45) is 11.7 Å². The molecule has 0 radical (unpaired) electrons. The Hall–Kier alpha value is -2.13. The summed E-state index contributed by atoms with van der Waals surface area (Å²) in [7, 11) is 0. The third kappa shape index (κ3) is 3.09. The van der Waals surface area contributed by atoms with Crippen molar-refractivity contribution in [1.29, 1.82) is 0 Å². The molecule has 2 aromatic carbocycles. The van der Waals surface area contributed by atoms with Crippen molar-refractivity contribution in [3.8, 4) is 0 Å². The summed E-state index contributed by atoms with van der Waals surface area (Å²) in [5, 5.41) is 0. The smallest absolute Gasteiger partial charge is 0.230 e. The van der Waals surface area contributed by atoms with Gasteiger partial charge < -0.3 is 10.6 Å². The lowest BCUT2D eigenvalue weighted by molar-refractivity contribution is -0.132. The molecule has 0 spiro atoms.